The van der Waals surface area contributed by atoms with Gasteiger partial charge < -0.3 is 19.8 Å². The lowest BCUT2D eigenvalue weighted by atomic mass is 10.1. The molecule has 4 rings (SSSR count). The summed E-state index contributed by atoms with van der Waals surface area (Å²) in [6, 6.07) is 16.7. The third-order valence-corrected chi connectivity index (χ3v) is 5.37. The maximum atomic E-state index is 12.7. The van der Waals surface area contributed by atoms with Gasteiger partial charge in [-0.15, -0.1) is 0 Å². The average Bonchev–Trinajstić information content (AvgIpc) is 3.15. The molecule has 6 nitrogen and oxygen atoms in total. The van der Waals surface area contributed by atoms with Crippen LogP contribution in [0.1, 0.15) is 45.8 Å². The summed E-state index contributed by atoms with van der Waals surface area (Å²) in [4.78, 5) is 28.5. The van der Waals surface area contributed by atoms with Crippen molar-refractivity contribution in [1.82, 2.24) is 4.98 Å². The average molecular weight is 416 g/mol. The van der Waals surface area contributed by atoms with E-state index in [0.717, 1.165) is 16.5 Å². The number of carbonyl (C=O) groups is 1. The van der Waals surface area contributed by atoms with Gasteiger partial charge in [-0.3, -0.25) is 4.79 Å². The Morgan fingerprint density at radius 2 is 1.94 bits per heavy atom. The lowest BCUT2D eigenvalue weighted by Crippen LogP contribution is -2.23. The van der Waals surface area contributed by atoms with Gasteiger partial charge in [-0.25, -0.2) is 4.79 Å². The van der Waals surface area contributed by atoms with E-state index < -0.39 is 17.6 Å². The van der Waals surface area contributed by atoms with Gasteiger partial charge >= 0.3 is 5.63 Å². The fourth-order valence-corrected chi connectivity index (χ4v) is 3.74. The van der Waals surface area contributed by atoms with Crippen LogP contribution in [0.3, 0.4) is 0 Å². The molecule has 0 saturated carbocycles. The number of benzene rings is 2. The van der Waals surface area contributed by atoms with Crippen LogP contribution in [0.2, 0.25) is 0 Å². The first-order valence-electron chi connectivity index (χ1n) is 10.2. The van der Waals surface area contributed by atoms with E-state index in [9.17, 15) is 14.7 Å². The number of aryl methyl sites for hydroxylation is 3. The van der Waals surface area contributed by atoms with Crippen molar-refractivity contribution in [1.29, 1.82) is 0 Å². The summed E-state index contributed by atoms with van der Waals surface area (Å²) in [5, 5.41) is 13.6. The molecule has 158 valence electrons. The highest BCUT2D eigenvalue weighted by atomic mass is 16.4. The van der Waals surface area contributed by atoms with Crippen molar-refractivity contribution < 1.29 is 14.3 Å². The van der Waals surface area contributed by atoms with E-state index in [-0.39, 0.29) is 5.56 Å². The second-order valence-corrected chi connectivity index (χ2v) is 7.67. The minimum absolute atomic E-state index is 0.0155. The summed E-state index contributed by atoms with van der Waals surface area (Å²) in [7, 11) is 0. The van der Waals surface area contributed by atoms with Gasteiger partial charge in [0.1, 0.15) is 11.3 Å². The fourth-order valence-electron chi connectivity index (χ4n) is 3.74. The number of rotatable bonds is 6. The third kappa shape index (κ3) is 4.44. The number of hydrogen-bond donors (Lipinski definition) is 3. The summed E-state index contributed by atoms with van der Waals surface area (Å²) >= 11 is 0. The quantitative estimate of drug-likeness (QED) is 0.431. The first-order valence-corrected chi connectivity index (χ1v) is 10.2. The smallest absolute Gasteiger partial charge is 0.349 e. The maximum Gasteiger partial charge on any atom is 0.349 e. The monoisotopic (exact) mass is 416 g/mol. The molecule has 0 spiro atoms. The summed E-state index contributed by atoms with van der Waals surface area (Å²) in [6.45, 7) is 3.38. The molecule has 6 heteroatoms. The molecule has 3 N–H and O–H groups in total. The Balaban J connectivity index is 1.51. The van der Waals surface area contributed by atoms with Crippen molar-refractivity contribution in [3.8, 4) is 0 Å². The van der Waals surface area contributed by atoms with E-state index in [0.29, 0.717) is 35.4 Å². The molecule has 0 aliphatic carbocycles. The Morgan fingerprint density at radius 3 is 2.71 bits per heavy atom. The zero-order valence-corrected chi connectivity index (χ0v) is 17.4. The van der Waals surface area contributed by atoms with Crippen molar-refractivity contribution in [3.63, 3.8) is 0 Å². The normalized spacial score (nSPS) is 12.1. The second kappa shape index (κ2) is 8.62. The second-order valence-electron chi connectivity index (χ2n) is 7.67. The van der Waals surface area contributed by atoms with Gasteiger partial charge in [0.05, 0.1) is 6.10 Å². The SMILES string of the molecule is Cc1cc(CCc2c[nH]c3ccccc23)oc(=O)c1C(=O)Nc1cccc(C(C)O)c1. The van der Waals surface area contributed by atoms with Gasteiger partial charge in [-0.05, 0) is 61.2 Å². The van der Waals surface area contributed by atoms with Crippen LogP contribution in [0.4, 0.5) is 5.69 Å². The predicted molar refractivity (Wildman–Crippen MR) is 120 cm³/mol. The minimum Gasteiger partial charge on any atom is -0.427 e. The fraction of sp³-hybridized carbons (Fsp3) is 0.200. The number of carbonyl (C=O) groups excluding carboxylic acids is 1. The number of H-pyrrole nitrogens is 1. The molecule has 1 amide bonds. The van der Waals surface area contributed by atoms with Gasteiger partial charge in [-0.1, -0.05) is 30.3 Å². The maximum absolute atomic E-state index is 12.7. The molecule has 2 aromatic heterocycles. The van der Waals surface area contributed by atoms with Crippen LogP contribution in [0.5, 0.6) is 0 Å². The molecule has 0 aliphatic rings. The number of hydrogen-bond acceptors (Lipinski definition) is 4. The molecule has 2 aromatic carbocycles. The molecule has 0 fully saturated rings. The summed E-state index contributed by atoms with van der Waals surface area (Å²) in [5.74, 6) is 0.0117. The van der Waals surface area contributed by atoms with E-state index >= 15 is 0 Å². The first kappa shape index (κ1) is 20.6. The Bertz CT molecular complexity index is 1300. The van der Waals surface area contributed by atoms with Crippen molar-refractivity contribution in [2.45, 2.75) is 32.8 Å². The molecule has 0 radical (unpaired) electrons. The molecule has 1 atom stereocenters. The molecule has 31 heavy (non-hydrogen) atoms. The molecule has 0 saturated heterocycles. The van der Waals surface area contributed by atoms with Crippen LogP contribution >= 0.6 is 0 Å². The summed E-state index contributed by atoms with van der Waals surface area (Å²) < 4.78 is 5.45. The highest BCUT2D eigenvalue weighted by Gasteiger charge is 2.18. The molecule has 0 aliphatic heterocycles. The van der Waals surface area contributed by atoms with E-state index in [1.165, 1.54) is 0 Å². The predicted octanol–water partition coefficient (Wildman–Crippen LogP) is 4.52. The number of aromatic nitrogens is 1. The highest BCUT2D eigenvalue weighted by molar-refractivity contribution is 6.04. The summed E-state index contributed by atoms with van der Waals surface area (Å²) in [5.41, 5.74) is 3.29. The van der Waals surface area contributed by atoms with Gasteiger partial charge in [0.2, 0.25) is 0 Å². The molecule has 0 bridgehead atoms. The van der Waals surface area contributed by atoms with E-state index in [1.807, 2.05) is 24.4 Å². The largest absolute Gasteiger partial charge is 0.427 e. The summed E-state index contributed by atoms with van der Waals surface area (Å²) in [6.07, 6.45) is 2.58. The van der Waals surface area contributed by atoms with Crippen LogP contribution in [0.25, 0.3) is 10.9 Å². The van der Waals surface area contributed by atoms with Crippen molar-refractivity contribution >= 4 is 22.5 Å². The molecular formula is C25H24N2O4. The van der Waals surface area contributed by atoms with Crippen LogP contribution in [-0.2, 0) is 12.8 Å². The number of anilines is 1. The number of nitrogens with one attached hydrogen (secondary N) is 2. The molecule has 1 unspecified atom stereocenters. The molecule has 4 aromatic rings. The van der Waals surface area contributed by atoms with E-state index in [1.54, 1.807) is 44.2 Å². The van der Waals surface area contributed by atoms with Gasteiger partial charge in [0.15, 0.2) is 0 Å². The lowest BCUT2D eigenvalue weighted by Gasteiger charge is -2.10. The molecular weight excluding hydrogens is 392 g/mol. The number of aromatic amines is 1. The highest BCUT2D eigenvalue weighted by Crippen LogP contribution is 2.21. The topological polar surface area (TPSA) is 95.3 Å². The number of para-hydroxylation sites is 1. The van der Waals surface area contributed by atoms with E-state index in [4.69, 9.17) is 4.42 Å². The van der Waals surface area contributed by atoms with Crippen molar-refractivity contribution in [2.75, 3.05) is 5.32 Å². The van der Waals surface area contributed by atoms with Crippen LogP contribution in [0.15, 0.2) is 70.0 Å². The van der Waals surface area contributed by atoms with Crippen LogP contribution < -0.4 is 10.9 Å². The van der Waals surface area contributed by atoms with Crippen LogP contribution in [0, 0.1) is 6.92 Å². The van der Waals surface area contributed by atoms with Gasteiger partial charge in [0, 0.05) is 29.2 Å². The zero-order chi connectivity index (χ0) is 22.0. The number of amides is 1. The Labute approximate surface area is 179 Å². The Hall–Kier alpha value is -3.64. The number of fused-ring (bicyclic) bond motifs is 1. The Kier molecular flexibility index (Phi) is 5.73. The standard InChI is InChI=1S/C25H24N2O4/c1-15-12-20(11-10-18-14-26-22-9-4-3-8-21(18)22)31-25(30)23(15)24(29)27-19-7-5-6-17(13-19)16(2)28/h3-9,12-14,16,26,28H,10-11H2,1-2H3,(H,27,29). The van der Waals surface area contributed by atoms with E-state index in [2.05, 4.69) is 16.4 Å². The third-order valence-electron chi connectivity index (χ3n) is 5.37. The number of aliphatic hydroxyl groups excluding tert-OH is 1. The minimum atomic E-state index is -0.655. The van der Waals surface area contributed by atoms with Crippen molar-refractivity contribution in [3.05, 3.63) is 99.2 Å². The Morgan fingerprint density at radius 1 is 1.13 bits per heavy atom. The first-order chi connectivity index (χ1) is 14.9. The number of aliphatic hydroxyl groups is 1. The van der Waals surface area contributed by atoms with Gasteiger partial charge in [-0.2, -0.15) is 0 Å². The van der Waals surface area contributed by atoms with Gasteiger partial charge in [0.25, 0.3) is 5.91 Å². The zero-order valence-electron chi connectivity index (χ0n) is 17.4. The van der Waals surface area contributed by atoms with Crippen LogP contribution in [-0.4, -0.2) is 16.0 Å². The lowest BCUT2D eigenvalue weighted by molar-refractivity contribution is 0.102. The van der Waals surface area contributed by atoms with Crippen molar-refractivity contribution in [2.24, 2.45) is 0 Å². The molecule has 2 heterocycles.